The fourth-order valence-electron chi connectivity index (χ4n) is 11.7. The number of rotatable bonds is 7. The highest BCUT2D eigenvalue weighted by atomic mass is 15.2. The lowest BCUT2D eigenvalue weighted by molar-refractivity contribution is 0.590. The van der Waals surface area contributed by atoms with Crippen LogP contribution in [0.1, 0.15) is 105 Å². The Kier molecular flexibility index (Phi) is 12.6. The number of fused-ring (bicyclic) bond motifs is 4. The monoisotopic (exact) mass is 1030 g/mol. The Balaban J connectivity index is 1.18. The van der Waals surface area contributed by atoms with E-state index in [9.17, 15) is 0 Å². The fourth-order valence-corrected chi connectivity index (χ4v) is 11.7. The van der Waals surface area contributed by atoms with E-state index >= 15 is 0 Å². The molecule has 9 aromatic carbocycles. The molecule has 0 saturated heterocycles. The largest absolute Gasteiger partial charge is 0.311 e. The second-order valence-corrected chi connectivity index (χ2v) is 26.0. The zero-order valence-corrected chi connectivity index (χ0v) is 48.1. The molecule has 0 radical (unpaired) electrons. The normalized spacial score (nSPS) is 13.2. The SMILES string of the molecule is CC(C)(C)c1ccc(-c2ccc3c(c2)B2c4cc(-c5ccc(C(C)(C)C)cc5)ccc4N(c4ccc(C(C)(C)C)cc4)c4cc(-c5cc(-c6ccccc6)nc(-c6ccccc6)n5)cc(c42)N3c2ccc(C(C)(C)C)cc2)cc1. The first kappa shape index (κ1) is 51.5. The summed E-state index contributed by atoms with van der Waals surface area (Å²) in [4.78, 5) is 15.8. The predicted octanol–water partition coefficient (Wildman–Crippen LogP) is 18.1. The number of anilines is 6. The maximum Gasteiger partial charge on any atom is 0.252 e. The smallest absolute Gasteiger partial charge is 0.252 e. The molecule has 79 heavy (non-hydrogen) atoms. The minimum atomic E-state index is -0.132. The van der Waals surface area contributed by atoms with E-state index in [1.54, 1.807) is 0 Å². The Morgan fingerprint density at radius 2 is 0.633 bits per heavy atom. The number of hydrogen-bond acceptors (Lipinski definition) is 4. The quantitative estimate of drug-likeness (QED) is 0.149. The number of aromatic nitrogens is 2. The van der Waals surface area contributed by atoms with E-state index in [0.29, 0.717) is 5.82 Å². The zero-order chi connectivity index (χ0) is 55.2. The van der Waals surface area contributed by atoms with Gasteiger partial charge >= 0.3 is 0 Å². The van der Waals surface area contributed by atoms with Crippen molar-refractivity contribution in [1.29, 1.82) is 0 Å². The lowest BCUT2D eigenvalue weighted by atomic mass is 9.33. The first-order valence-electron chi connectivity index (χ1n) is 28.2. The van der Waals surface area contributed by atoms with Crippen molar-refractivity contribution in [3.63, 3.8) is 0 Å². The third-order valence-electron chi connectivity index (χ3n) is 16.3. The van der Waals surface area contributed by atoms with Gasteiger partial charge in [-0.3, -0.25) is 0 Å². The second kappa shape index (κ2) is 19.3. The molecule has 5 heteroatoms. The van der Waals surface area contributed by atoms with Gasteiger partial charge in [0.05, 0.1) is 11.4 Å². The van der Waals surface area contributed by atoms with Gasteiger partial charge in [-0.2, -0.15) is 0 Å². The average molecular weight is 1030 g/mol. The molecule has 0 N–H and O–H groups in total. The molecule has 0 aliphatic carbocycles. The number of nitrogens with zero attached hydrogens (tertiary/aromatic N) is 4. The Hall–Kier alpha value is -8.28. The van der Waals surface area contributed by atoms with Crippen molar-refractivity contribution in [2.24, 2.45) is 0 Å². The summed E-state index contributed by atoms with van der Waals surface area (Å²) in [7, 11) is 0. The van der Waals surface area contributed by atoms with Gasteiger partial charge < -0.3 is 9.80 Å². The molecule has 1 aromatic heterocycles. The van der Waals surface area contributed by atoms with Crippen LogP contribution in [0.5, 0.6) is 0 Å². The molecule has 3 heterocycles. The predicted molar refractivity (Wildman–Crippen MR) is 338 cm³/mol. The van der Waals surface area contributed by atoms with Crippen molar-refractivity contribution in [2.75, 3.05) is 9.80 Å². The first-order valence-corrected chi connectivity index (χ1v) is 28.2. The van der Waals surface area contributed by atoms with Crippen LogP contribution < -0.4 is 26.2 Å². The van der Waals surface area contributed by atoms with Gasteiger partial charge in [-0.15, -0.1) is 0 Å². The zero-order valence-electron chi connectivity index (χ0n) is 48.1. The van der Waals surface area contributed by atoms with E-state index < -0.39 is 0 Å². The Morgan fingerprint density at radius 3 is 1.01 bits per heavy atom. The van der Waals surface area contributed by atoms with Crippen LogP contribution in [0.2, 0.25) is 0 Å². The van der Waals surface area contributed by atoms with Crippen LogP contribution in [-0.4, -0.2) is 16.7 Å². The summed E-state index contributed by atoms with van der Waals surface area (Å²) >= 11 is 0. The third-order valence-corrected chi connectivity index (χ3v) is 16.3. The summed E-state index contributed by atoms with van der Waals surface area (Å²) in [5, 5.41) is 0. The molecule has 0 spiro atoms. The third kappa shape index (κ3) is 9.68. The van der Waals surface area contributed by atoms with Crippen molar-refractivity contribution < 1.29 is 0 Å². The van der Waals surface area contributed by atoms with Crippen LogP contribution in [0.15, 0.2) is 212 Å². The highest BCUT2D eigenvalue weighted by Crippen LogP contribution is 2.48. The summed E-state index contributed by atoms with van der Waals surface area (Å²) in [6, 6.07) is 79.4. The molecule has 0 unspecified atom stereocenters. The van der Waals surface area contributed by atoms with Gasteiger partial charge in [0.1, 0.15) is 0 Å². The van der Waals surface area contributed by atoms with Crippen LogP contribution >= 0.6 is 0 Å². The van der Waals surface area contributed by atoms with Gasteiger partial charge in [-0.25, -0.2) is 9.97 Å². The summed E-state index contributed by atoms with van der Waals surface area (Å²) in [5.41, 5.74) is 25.4. The standard InChI is InChI=1S/C74H71BN4/c1-71(2,3)55-29-23-48(24-30-55)52-27-41-65-61(43-52)75-62-44-53(49-25-31-56(32-26-49)72(4,5)6)28-42-66(62)79(60-39-35-58(36-40-60)74(10,11)12)68-46-54(45-67(69(68)75)78(65)59-37-33-57(34-38-59)73(7,8)9)64-47-63(50-19-15-13-16-20-50)76-70(77-64)51-21-17-14-18-22-51/h13-47H,1-12H3. The van der Waals surface area contributed by atoms with E-state index in [4.69, 9.17) is 9.97 Å². The Labute approximate surface area is 470 Å². The molecule has 2 aliphatic rings. The summed E-state index contributed by atoms with van der Waals surface area (Å²) in [6.07, 6.45) is 0. The molecule has 0 amide bonds. The molecule has 12 rings (SSSR count). The fraction of sp³-hybridized carbons (Fsp3) is 0.216. The molecule has 0 saturated carbocycles. The van der Waals surface area contributed by atoms with E-state index in [-0.39, 0.29) is 28.4 Å². The van der Waals surface area contributed by atoms with Crippen LogP contribution in [0.3, 0.4) is 0 Å². The second-order valence-electron chi connectivity index (χ2n) is 26.0. The van der Waals surface area contributed by atoms with Crippen molar-refractivity contribution in [3.05, 3.63) is 235 Å². The van der Waals surface area contributed by atoms with E-state index in [1.165, 1.54) is 60.9 Å². The molecule has 10 aromatic rings. The van der Waals surface area contributed by atoms with Crippen LogP contribution in [0.4, 0.5) is 34.1 Å². The van der Waals surface area contributed by atoms with E-state index in [0.717, 1.165) is 62.2 Å². The minimum absolute atomic E-state index is 0.0165. The molecular formula is C74H71BN4. The van der Waals surface area contributed by atoms with E-state index in [2.05, 4.69) is 299 Å². The topological polar surface area (TPSA) is 32.3 Å². The van der Waals surface area contributed by atoms with E-state index in [1.807, 2.05) is 6.07 Å². The molecule has 390 valence electrons. The lowest BCUT2D eigenvalue weighted by Gasteiger charge is -2.45. The molecule has 0 fully saturated rings. The highest BCUT2D eigenvalue weighted by Gasteiger charge is 2.44. The summed E-state index contributed by atoms with van der Waals surface area (Å²) < 4.78 is 0. The van der Waals surface area contributed by atoms with Crippen LogP contribution in [-0.2, 0) is 21.7 Å². The first-order chi connectivity index (χ1) is 37.7. The van der Waals surface area contributed by atoms with Gasteiger partial charge in [0.2, 0.25) is 0 Å². The Morgan fingerprint density at radius 1 is 0.291 bits per heavy atom. The van der Waals surface area contributed by atoms with Crippen molar-refractivity contribution >= 4 is 57.2 Å². The molecule has 0 atom stereocenters. The Bertz CT molecular complexity index is 3640. The minimum Gasteiger partial charge on any atom is -0.311 e. The maximum atomic E-state index is 5.51. The van der Waals surface area contributed by atoms with Crippen molar-refractivity contribution in [3.8, 4) is 56.2 Å². The van der Waals surface area contributed by atoms with Crippen molar-refractivity contribution in [1.82, 2.24) is 9.97 Å². The van der Waals surface area contributed by atoms with Crippen LogP contribution in [0, 0.1) is 0 Å². The highest BCUT2D eigenvalue weighted by molar-refractivity contribution is 7.00. The van der Waals surface area contributed by atoms with Gasteiger partial charge in [0, 0.05) is 50.8 Å². The summed E-state index contributed by atoms with van der Waals surface area (Å²) in [6.45, 7) is 27.3. The maximum absolute atomic E-state index is 5.51. The van der Waals surface area contributed by atoms with Gasteiger partial charge in [-0.1, -0.05) is 241 Å². The van der Waals surface area contributed by atoms with Gasteiger partial charge in [-0.05, 0) is 137 Å². The van der Waals surface area contributed by atoms with Gasteiger partial charge in [0.25, 0.3) is 6.71 Å². The van der Waals surface area contributed by atoms with Crippen LogP contribution in [0.25, 0.3) is 56.2 Å². The molecule has 2 aliphatic heterocycles. The van der Waals surface area contributed by atoms with Gasteiger partial charge in [0.15, 0.2) is 5.82 Å². The molecular weight excluding hydrogens is 956 g/mol. The lowest BCUT2D eigenvalue weighted by Crippen LogP contribution is -2.61. The summed E-state index contributed by atoms with van der Waals surface area (Å²) in [5.74, 6) is 0.687. The number of benzene rings is 9. The average Bonchev–Trinajstić information content (AvgIpc) is 3.50. The molecule has 0 bridgehead atoms. The van der Waals surface area contributed by atoms with Crippen molar-refractivity contribution in [2.45, 2.75) is 105 Å². The number of hydrogen-bond donors (Lipinski definition) is 0. The molecule has 4 nitrogen and oxygen atoms in total.